The molecule has 1 unspecified atom stereocenters. The first-order valence-electron chi connectivity index (χ1n) is 7.41. The summed E-state index contributed by atoms with van der Waals surface area (Å²) in [5.74, 6) is 0.871. The number of nitrogens with two attached hydrogens (primary N) is 2. The van der Waals surface area contributed by atoms with Gasteiger partial charge in [-0.1, -0.05) is 30.3 Å². The van der Waals surface area contributed by atoms with Crippen molar-refractivity contribution in [2.24, 2.45) is 16.6 Å². The smallest absolute Gasteiger partial charge is 0.173 e. The number of allylic oxidation sites excluding steroid dienone is 1. The van der Waals surface area contributed by atoms with Gasteiger partial charge >= 0.3 is 0 Å². The van der Waals surface area contributed by atoms with Crippen LogP contribution in [0.5, 0.6) is 0 Å². The molecule has 1 aliphatic carbocycles. The molecule has 112 valence electrons. The highest BCUT2D eigenvalue weighted by molar-refractivity contribution is 6.03. The number of amidine groups is 1. The first-order valence-corrected chi connectivity index (χ1v) is 7.41. The maximum absolute atomic E-state index is 6.08. The van der Waals surface area contributed by atoms with Crippen molar-refractivity contribution in [2.45, 2.75) is 25.3 Å². The minimum absolute atomic E-state index is 0.156. The van der Waals surface area contributed by atoms with E-state index in [-0.39, 0.29) is 6.04 Å². The number of nitrogens with one attached hydrogen (secondary N) is 2. The summed E-state index contributed by atoms with van der Waals surface area (Å²) < 4.78 is 0. The average molecular weight is 286 g/mol. The highest BCUT2D eigenvalue weighted by Crippen LogP contribution is 2.29. The van der Waals surface area contributed by atoms with Crippen LogP contribution in [0.15, 0.2) is 35.4 Å². The average Bonchev–Trinajstić information content (AvgIpc) is 2.96. The Kier molecular flexibility index (Phi) is 4.19. The molecule has 0 amide bonds. The quantitative estimate of drug-likeness (QED) is 0.648. The molecule has 0 aromatic heterocycles. The molecule has 1 aromatic rings. The first-order chi connectivity index (χ1) is 10.3. The van der Waals surface area contributed by atoms with Crippen molar-refractivity contribution in [3.05, 3.63) is 41.5 Å². The van der Waals surface area contributed by atoms with E-state index >= 15 is 0 Å². The third-order valence-electron chi connectivity index (χ3n) is 3.87. The summed E-state index contributed by atoms with van der Waals surface area (Å²) in [7, 11) is 0. The van der Waals surface area contributed by atoms with E-state index in [0.29, 0.717) is 13.1 Å². The van der Waals surface area contributed by atoms with Gasteiger partial charge in [0.2, 0.25) is 0 Å². The van der Waals surface area contributed by atoms with E-state index in [1.54, 1.807) is 0 Å². The summed E-state index contributed by atoms with van der Waals surface area (Å²) in [6.07, 6.45) is 5.45. The standard InChI is InChI=1S/C15H22N6/c16-8-9-21-15(18-19-20-21)14-7-2-1-6-13(14)11-4-3-5-12(17)10-11/h1-2,6-7,10,12,19-20H,3-5,8-9,16-17H2. The normalized spacial score (nSPS) is 21.8. The SMILES string of the molecule is NCCN1NNN=C1c1ccccc1C1=CC(N)CCC1. The van der Waals surface area contributed by atoms with Crippen LogP contribution >= 0.6 is 0 Å². The lowest BCUT2D eigenvalue weighted by atomic mass is 9.88. The molecule has 21 heavy (non-hydrogen) atoms. The van der Waals surface area contributed by atoms with Crippen LogP contribution in [0, 0.1) is 0 Å². The van der Waals surface area contributed by atoms with Crippen molar-refractivity contribution in [3.63, 3.8) is 0 Å². The van der Waals surface area contributed by atoms with Crippen LogP contribution in [-0.4, -0.2) is 30.0 Å². The Morgan fingerprint density at radius 2 is 2.10 bits per heavy atom. The number of hydrogen-bond donors (Lipinski definition) is 4. The van der Waals surface area contributed by atoms with Gasteiger partial charge in [0.15, 0.2) is 5.84 Å². The molecular formula is C15H22N6. The molecule has 1 aromatic carbocycles. The second kappa shape index (κ2) is 6.26. The lowest BCUT2D eigenvalue weighted by Crippen LogP contribution is -2.44. The zero-order chi connectivity index (χ0) is 14.7. The van der Waals surface area contributed by atoms with Crippen molar-refractivity contribution in [1.29, 1.82) is 0 Å². The van der Waals surface area contributed by atoms with E-state index in [9.17, 15) is 0 Å². The third kappa shape index (κ3) is 2.92. The molecule has 6 N–H and O–H groups in total. The summed E-state index contributed by atoms with van der Waals surface area (Å²) in [5, 5.41) is 6.28. The van der Waals surface area contributed by atoms with E-state index in [0.717, 1.165) is 30.7 Å². The molecule has 2 aliphatic rings. The monoisotopic (exact) mass is 286 g/mol. The molecular weight excluding hydrogens is 264 g/mol. The van der Waals surface area contributed by atoms with E-state index in [4.69, 9.17) is 11.5 Å². The highest BCUT2D eigenvalue weighted by atomic mass is 15.8. The maximum Gasteiger partial charge on any atom is 0.173 e. The number of hydrazine groups is 2. The molecule has 0 radical (unpaired) electrons. The van der Waals surface area contributed by atoms with Gasteiger partial charge in [-0.2, -0.15) is 0 Å². The molecule has 0 spiro atoms. The Morgan fingerprint density at radius 1 is 1.29 bits per heavy atom. The topological polar surface area (TPSA) is 91.7 Å². The molecule has 0 saturated carbocycles. The Hall–Kier alpha value is -1.89. The fourth-order valence-electron chi connectivity index (χ4n) is 2.88. The van der Waals surface area contributed by atoms with Crippen molar-refractivity contribution in [1.82, 2.24) is 16.1 Å². The Morgan fingerprint density at radius 3 is 2.86 bits per heavy atom. The second-order valence-corrected chi connectivity index (χ2v) is 5.39. The van der Waals surface area contributed by atoms with Gasteiger partial charge in [-0.3, -0.25) is 5.01 Å². The number of rotatable bonds is 4. The van der Waals surface area contributed by atoms with E-state index in [1.165, 1.54) is 11.1 Å². The summed E-state index contributed by atoms with van der Waals surface area (Å²) in [6, 6.07) is 8.48. The van der Waals surface area contributed by atoms with Crippen molar-refractivity contribution in [2.75, 3.05) is 13.1 Å². The Balaban J connectivity index is 1.97. The number of nitrogens with zero attached hydrogens (tertiary/aromatic N) is 2. The highest BCUT2D eigenvalue weighted by Gasteiger charge is 2.22. The van der Waals surface area contributed by atoms with Crippen LogP contribution in [-0.2, 0) is 0 Å². The molecule has 1 atom stereocenters. The molecule has 0 fully saturated rings. The Labute approximate surface area is 124 Å². The van der Waals surface area contributed by atoms with Crippen molar-refractivity contribution < 1.29 is 0 Å². The van der Waals surface area contributed by atoms with Crippen LogP contribution in [0.3, 0.4) is 0 Å². The second-order valence-electron chi connectivity index (χ2n) is 5.39. The van der Waals surface area contributed by atoms with Crippen LogP contribution in [0.2, 0.25) is 0 Å². The van der Waals surface area contributed by atoms with Gasteiger partial charge in [-0.15, -0.1) is 10.6 Å². The molecule has 1 aliphatic heterocycles. The van der Waals surface area contributed by atoms with E-state index < -0.39 is 0 Å². The molecule has 0 bridgehead atoms. The molecule has 1 heterocycles. The summed E-state index contributed by atoms with van der Waals surface area (Å²) >= 11 is 0. The minimum atomic E-state index is 0.156. The van der Waals surface area contributed by atoms with Crippen LogP contribution in [0.1, 0.15) is 30.4 Å². The lowest BCUT2D eigenvalue weighted by Gasteiger charge is -2.23. The van der Waals surface area contributed by atoms with Gasteiger partial charge in [-0.25, -0.2) is 5.53 Å². The minimum Gasteiger partial charge on any atom is -0.329 e. The maximum atomic E-state index is 6.08. The first kappa shape index (κ1) is 14.1. The van der Waals surface area contributed by atoms with Crippen LogP contribution < -0.4 is 22.5 Å². The van der Waals surface area contributed by atoms with Gasteiger partial charge in [0.25, 0.3) is 0 Å². The third-order valence-corrected chi connectivity index (χ3v) is 3.87. The number of benzene rings is 1. The zero-order valence-corrected chi connectivity index (χ0v) is 12.0. The van der Waals surface area contributed by atoms with Gasteiger partial charge in [0.05, 0.1) is 6.54 Å². The molecule has 6 heteroatoms. The van der Waals surface area contributed by atoms with Crippen LogP contribution in [0.4, 0.5) is 0 Å². The lowest BCUT2D eigenvalue weighted by molar-refractivity contribution is 0.302. The summed E-state index contributed by atoms with van der Waals surface area (Å²) in [6.45, 7) is 1.25. The van der Waals surface area contributed by atoms with Crippen molar-refractivity contribution >= 4 is 11.4 Å². The molecule has 6 nitrogen and oxygen atoms in total. The predicted octanol–water partition coefficient (Wildman–Crippen LogP) is 0.526. The largest absolute Gasteiger partial charge is 0.329 e. The van der Waals surface area contributed by atoms with Crippen LogP contribution in [0.25, 0.3) is 5.57 Å². The summed E-state index contributed by atoms with van der Waals surface area (Å²) in [5.41, 5.74) is 21.2. The van der Waals surface area contributed by atoms with Crippen molar-refractivity contribution in [3.8, 4) is 0 Å². The van der Waals surface area contributed by atoms with Gasteiger partial charge in [0.1, 0.15) is 0 Å². The number of hydrazone groups is 1. The van der Waals surface area contributed by atoms with E-state index in [2.05, 4.69) is 40.4 Å². The Bertz CT molecular complexity index is 565. The van der Waals surface area contributed by atoms with Gasteiger partial charge in [0, 0.05) is 18.2 Å². The number of hydrogen-bond acceptors (Lipinski definition) is 6. The fraction of sp³-hybridized carbons (Fsp3) is 0.400. The van der Waals surface area contributed by atoms with Gasteiger partial charge < -0.3 is 11.5 Å². The van der Waals surface area contributed by atoms with Gasteiger partial charge in [-0.05, 0) is 30.4 Å². The zero-order valence-electron chi connectivity index (χ0n) is 12.0. The van der Waals surface area contributed by atoms with E-state index in [1.807, 2.05) is 11.1 Å². The summed E-state index contributed by atoms with van der Waals surface area (Å²) in [4.78, 5) is 0. The molecule has 3 rings (SSSR count). The predicted molar refractivity (Wildman–Crippen MR) is 84.8 cm³/mol. The fourth-order valence-corrected chi connectivity index (χ4v) is 2.88. The molecule has 0 saturated heterocycles.